The van der Waals surface area contributed by atoms with Gasteiger partial charge in [0.25, 0.3) is 0 Å². The minimum absolute atomic E-state index is 0.0263. The summed E-state index contributed by atoms with van der Waals surface area (Å²) in [5.74, 6) is -0.524. The first-order valence-corrected chi connectivity index (χ1v) is 7.57. The van der Waals surface area contributed by atoms with Gasteiger partial charge in [0.1, 0.15) is 0 Å². The number of allylic oxidation sites excluding steroid dienone is 1. The molecule has 19 heavy (non-hydrogen) atoms. The Balaban J connectivity index is 4.07. The van der Waals surface area contributed by atoms with Gasteiger partial charge in [-0.2, -0.15) is 0 Å². The number of hydrogen-bond donors (Lipinski definition) is 0. The molecule has 0 aromatic rings. The van der Waals surface area contributed by atoms with Crippen LogP contribution < -0.4 is 0 Å². The highest BCUT2D eigenvalue weighted by atomic mass is 35.5. The van der Waals surface area contributed by atoms with Gasteiger partial charge in [-0.05, 0) is 25.7 Å². The first-order chi connectivity index (χ1) is 9.15. The summed E-state index contributed by atoms with van der Waals surface area (Å²) in [7, 11) is 1.31. The molecule has 0 saturated carbocycles. The molecule has 0 aliphatic rings. The van der Waals surface area contributed by atoms with Gasteiger partial charge >= 0.3 is 5.97 Å². The number of ether oxygens (including phenoxy) is 2. The SMILES string of the molecule is C=CCCCC(CCCCCC)OC(Cl)C(=O)OC. The van der Waals surface area contributed by atoms with Crippen LogP contribution in [0.1, 0.15) is 58.3 Å². The Bertz CT molecular complexity index is 244. The molecule has 0 N–H and O–H groups in total. The van der Waals surface area contributed by atoms with E-state index in [-0.39, 0.29) is 6.10 Å². The molecule has 0 bridgehead atoms. The molecule has 0 aromatic heterocycles. The predicted octanol–water partition coefficient (Wildman–Crippen LogP) is 4.44. The Labute approximate surface area is 122 Å². The van der Waals surface area contributed by atoms with Crippen LogP contribution >= 0.6 is 11.6 Å². The summed E-state index contributed by atoms with van der Waals surface area (Å²) in [5, 5.41) is 0. The number of unbranched alkanes of at least 4 members (excludes halogenated alkanes) is 4. The Morgan fingerprint density at radius 3 is 2.53 bits per heavy atom. The highest BCUT2D eigenvalue weighted by Gasteiger charge is 2.21. The largest absolute Gasteiger partial charge is 0.466 e. The molecule has 4 heteroatoms. The van der Waals surface area contributed by atoms with E-state index in [4.69, 9.17) is 16.3 Å². The summed E-state index contributed by atoms with van der Waals surface area (Å²) >= 11 is 5.86. The van der Waals surface area contributed by atoms with Crippen LogP contribution in [0.2, 0.25) is 0 Å². The van der Waals surface area contributed by atoms with E-state index >= 15 is 0 Å². The molecular weight excluding hydrogens is 264 g/mol. The predicted molar refractivity (Wildman–Crippen MR) is 79.3 cm³/mol. The van der Waals surface area contributed by atoms with Crippen LogP contribution in [0, 0.1) is 0 Å². The Morgan fingerprint density at radius 1 is 1.26 bits per heavy atom. The third-order valence-corrected chi connectivity index (χ3v) is 3.29. The van der Waals surface area contributed by atoms with Gasteiger partial charge < -0.3 is 9.47 Å². The number of esters is 1. The van der Waals surface area contributed by atoms with Gasteiger partial charge in [0.2, 0.25) is 5.56 Å². The molecule has 0 aromatic carbocycles. The first kappa shape index (κ1) is 18.5. The molecule has 0 heterocycles. The van der Waals surface area contributed by atoms with E-state index in [1.54, 1.807) is 0 Å². The van der Waals surface area contributed by atoms with E-state index in [9.17, 15) is 4.79 Å². The topological polar surface area (TPSA) is 35.5 Å². The van der Waals surface area contributed by atoms with Crippen LogP contribution in [0.15, 0.2) is 12.7 Å². The van der Waals surface area contributed by atoms with Crippen LogP contribution in [0.25, 0.3) is 0 Å². The van der Waals surface area contributed by atoms with E-state index < -0.39 is 11.5 Å². The summed E-state index contributed by atoms with van der Waals surface area (Å²) in [4.78, 5) is 11.3. The summed E-state index contributed by atoms with van der Waals surface area (Å²) in [6.45, 7) is 5.89. The van der Waals surface area contributed by atoms with Crippen molar-refractivity contribution in [3.8, 4) is 0 Å². The van der Waals surface area contributed by atoms with Gasteiger partial charge in [-0.1, -0.05) is 50.3 Å². The van der Waals surface area contributed by atoms with Crippen molar-refractivity contribution in [2.45, 2.75) is 70.0 Å². The molecular formula is C15H27ClO3. The Morgan fingerprint density at radius 2 is 1.95 bits per heavy atom. The molecule has 2 unspecified atom stereocenters. The van der Waals surface area contributed by atoms with Crippen LogP contribution in [0.5, 0.6) is 0 Å². The van der Waals surface area contributed by atoms with Gasteiger partial charge in [-0.3, -0.25) is 0 Å². The molecule has 0 spiro atoms. The molecule has 0 fully saturated rings. The van der Waals surface area contributed by atoms with Crippen LogP contribution in [0.3, 0.4) is 0 Å². The lowest BCUT2D eigenvalue weighted by Crippen LogP contribution is -2.26. The number of rotatable bonds is 12. The zero-order valence-electron chi connectivity index (χ0n) is 12.2. The third-order valence-electron chi connectivity index (χ3n) is 3.01. The second kappa shape index (κ2) is 12.5. The molecule has 112 valence electrons. The molecule has 0 amide bonds. The summed E-state index contributed by atoms with van der Waals surface area (Å²) in [6.07, 6.45) is 10.5. The van der Waals surface area contributed by atoms with Crippen molar-refractivity contribution in [2.24, 2.45) is 0 Å². The van der Waals surface area contributed by atoms with Gasteiger partial charge in [0, 0.05) is 0 Å². The summed E-state index contributed by atoms with van der Waals surface area (Å²) < 4.78 is 10.2. The Kier molecular flexibility index (Phi) is 12.1. The summed E-state index contributed by atoms with van der Waals surface area (Å²) in [5.41, 5.74) is -0.995. The number of carbonyl (C=O) groups is 1. The second-order valence-corrected chi connectivity index (χ2v) is 5.06. The van der Waals surface area contributed by atoms with Crippen LogP contribution in [-0.4, -0.2) is 24.7 Å². The summed E-state index contributed by atoms with van der Waals surface area (Å²) in [6, 6.07) is 0. The van der Waals surface area contributed by atoms with E-state index in [0.717, 1.165) is 32.1 Å². The van der Waals surface area contributed by atoms with Crippen molar-refractivity contribution in [3.63, 3.8) is 0 Å². The van der Waals surface area contributed by atoms with E-state index in [1.165, 1.54) is 26.4 Å². The van der Waals surface area contributed by atoms with Gasteiger partial charge in [-0.15, -0.1) is 6.58 Å². The average molecular weight is 291 g/mol. The zero-order chi connectivity index (χ0) is 14.5. The highest BCUT2D eigenvalue weighted by Crippen LogP contribution is 2.18. The minimum atomic E-state index is -0.995. The van der Waals surface area contributed by atoms with Crippen molar-refractivity contribution in [1.82, 2.24) is 0 Å². The normalized spacial score (nSPS) is 13.8. The Hall–Kier alpha value is -0.540. The molecule has 0 saturated heterocycles. The van der Waals surface area contributed by atoms with Crippen molar-refractivity contribution in [3.05, 3.63) is 12.7 Å². The van der Waals surface area contributed by atoms with Gasteiger partial charge in [0.05, 0.1) is 13.2 Å². The first-order valence-electron chi connectivity index (χ1n) is 7.13. The molecule has 0 rings (SSSR count). The minimum Gasteiger partial charge on any atom is -0.466 e. The number of alkyl halides is 1. The van der Waals surface area contributed by atoms with E-state index in [1.807, 2.05) is 6.08 Å². The maximum atomic E-state index is 11.3. The average Bonchev–Trinajstić information content (AvgIpc) is 2.42. The zero-order valence-corrected chi connectivity index (χ0v) is 13.0. The van der Waals surface area contributed by atoms with Crippen LogP contribution in [0.4, 0.5) is 0 Å². The molecule has 2 atom stereocenters. The molecule has 0 aliphatic heterocycles. The molecule has 0 aliphatic carbocycles. The smallest absolute Gasteiger partial charge is 0.350 e. The fourth-order valence-electron chi connectivity index (χ4n) is 1.89. The van der Waals surface area contributed by atoms with Crippen molar-refractivity contribution >= 4 is 17.6 Å². The number of methoxy groups -OCH3 is 1. The maximum Gasteiger partial charge on any atom is 0.350 e. The third kappa shape index (κ3) is 9.97. The number of hydrogen-bond acceptors (Lipinski definition) is 3. The molecule has 3 nitrogen and oxygen atoms in total. The fraction of sp³-hybridized carbons (Fsp3) is 0.800. The number of halogens is 1. The van der Waals surface area contributed by atoms with Crippen molar-refractivity contribution in [1.29, 1.82) is 0 Å². The van der Waals surface area contributed by atoms with E-state index in [0.29, 0.717) is 0 Å². The lowest BCUT2D eigenvalue weighted by atomic mass is 10.0. The van der Waals surface area contributed by atoms with Crippen molar-refractivity contribution < 1.29 is 14.3 Å². The van der Waals surface area contributed by atoms with E-state index in [2.05, 4.69) is 18.2 Å². The maximum absolute atomic E-state index is 11.3. The highest BCUT2D eigenvalue weighted by molar-refractivity contribution is 6.28. The lowest BCUT2D eigenvalue weighted by molar-refractivity contribution is -0.151. The quantitative estimate of drug-likeness (QED) is 0.231. The number of carbonyl (C=O) groups excluding carboxylic acids is 1. The van der Waals surface area contributed by atoms with Gasteiger partial charge in [0.15, 0.2) is 0 Å². The monoisotopic (exact) mass is 290 g/mol. The lowest BCUT2D eigenvalue weighted by Gasteiger charge is -2.20. The second-order valence-electron chi connectivity index (χ2n) is 4.67. The standard InChI is InChI=1S/C15H27ClO3/c1-4-6-8-10-12-13(11-9-7-5-2)19-14(16)15(17)18-3/h5,13-14H,2,4,6-12H2,1,3H3. The molecule has 0 radical (unpaired) electrons. The van der Waals surface area contributed by atoms with Gasteiger partial charge in [-0.25, -0.2) is 4.79 Å². The van der Waals surface area contributed by atoms with Crippen molar-refractivity contribution in [2.75, 3.05) is 7.11 Å². The fourth-order valence-corrected chi connectivity index (χ4v) is 2.12. The van der Waals surface area contributed by atoms with Crippen LogP contribution in [-0.2, 0) is 14.3 Å².